The van der Waals surface area contributed by atoms with Gasteiger partial charge in [0.2, 0.25) is 5.60 Å². The number of esters is 1. The highest BCUT2D eigenvalue weighted by atomic mass is 16.5. The number of aliphatic hydroxyl groups excluding tert-OH is 1. The lowest BCUT2D eigenvalue weighted by Crippen LogP contribution is -2.37. The number of hydrogen-bond acceptors (Lipinski definition) is 5. The minimum Gasteiger partial charge on any atom is -0.464 e. The van der Waals surface area contributed by atoms with Gasteiger partial charge in [-0.15, -0.1) is 0 Å². The molecule has 2 N–H and O–H groups in total. The van der Waals surface area contributed by atoms with Crippen LogP contribution in [0.2, 0.25) is 0 Å². The van der Waals surface area contributed by atoms with Gasteiger partial charge in [-0.05, 0) is 62.1 Å². The average molecular weight is 433 g/mol. The van der Waals surface area contributed by atoms with Crippen LogP contribution in [0.1, 0.15) is 48.3 Å². The van der Waals surface area contributed by atoms with Gasteiger partial charge in [0.05, 0.1) is 6.61 Å². The van der Waals surface area contributed by atoms with Crippen LogP contribution in [0.5, 0.6) is 0 Å². The second-order valence-corrected chi connectivity index (χ2v) is 7.64. The van der Waals surface area contributed by atoms with E-state index in [2.05, 4.69) is 16.8 Å². The Labute approximate surface area is 188 Å². The number of carbonyl (C=O) groups excluding carboxylic acids is 1. The largest absolute Gasteiger partial charge is 0.464 e. The van der Waals surface area contributed by atoms with Crippen LogP contribution >= 0.6 is 0 Å². The van der Waals surface area contributed by atoms with Crippen LogP contribution in [0.25, 0.3) is 0 Å². The van der Waals surface area contributed by atoms with Crippen LogP contribution in [0.15, 0.2) is 60.9 Å². The summed E-state index contributed by atoms with van der Waals surface area (Å²) in [5, 5.41) is 19.5. The van der Waals surface area contributed by atoms with Crippen molar-refractivity contribution in [1.29, 1.82) is 0 Å². The number of hydrogen-bond donors (Lipinski definition) is 2. The van der Waals surface area contributed by atoms with Gasteiger partial charge in [-0.2, -0.15) is 0 Å². The molecule has 1 heterocycles. The molecule has 0 saturated heterocycles. The summed E-state index contributed by atoms with van der Waals surface area (Å²) in [7, 11) is 0. The molecular formula is C26H28N2O4. The Bertz CT molecular complexity index is 1090. The number of carbonyl (C=O) groups is 1. The summed E-state index contributed by atoms with van der Waals surface area (Å²) < 4.78 is 6.70. The maximum Gasteiger partial charge on any atom is 0.345 e. The maximum atomic E-state index is 12.1. The van der Waals surface area contributed by atoms with Gasteiger partial charge in [-0.1, -0.05) is 36.1 Å². The summed E-state index contributed by atoms with van der Waals surface area (Å²) in [4.78, 5) is 16.3. The number of imidazole rings is 1. The molecule has 3 aromatic rings. The predicted octanol–water partition coefficient (Wildman–Crippen LogP) is 3.03. The highest BCUT2D eigenvalue weighted by Gasteiger charge is 2.38. The molecule has 0 aliphatic carbocycles. The van der Waals surface area contributed by atoms with Gasteiger partial charge in [0.1, 0.15) is 0 Å². The number of rotatable bonds is 8. The van der Waals surface area contributed by atoms with Crippen LogP contribution in [-0.4, -0.2) is 38.9 Å². The van der Waals surface area contributed by atoms with Crippen molar-refractivity contribution in [2.45, 2.75) is 38.8 Å². The van der Waals surface area contributed by atoms with Crippen LogP contribution in [0, 0.1) is 11.8 Å². The van der Waals surface area contributed by atoms with Crippen LogP contribution < -0.4 is 0 Å². The second kappa shape index (κ2) is 10.8. The SMILES string of the molecule is CCOC(=O)C(C)(O)c1nccn1Cc1ccc(C#Cc2ccc(CCCO)cc2)cc1. The van der Waals surface area contributed by atoms with Crippen LogP contribution in [-0.2, 0) is 28.1 Å². The lowest BCUT2D eigenvalue weighted by Gasteiger charge is -2.21. The van der Waals surface area contributed by atoms with Gasteiger partial charge in [0.25, 0.3) is 0 Å². The Morgan fingerprint density at radius 3 is 2.22 bits per heavy atom. The quantitative estimate of drug-likeness (QED) is 0.422. The van der Waals surface area contributed by atoms with Gasteiger partial charge in [0, 0.05) is 36.7 Å². The molecule has 0 fully saturated rings. The molecule has 0 radical (unpaired) electrons. The number of aromatic nitrogens is 2. The molecule has 0 aliphatic heterocycles. The fourth-order valence-corrected chi connectivity index (χ4v) is 3.30. The van der Waals surface area contributed by atoms with E-state index in [1.807, 2.05) is 48.5 Å². The molecule has 2 aromatic carbocycles. The standard InChI is InChI=1S/C26H28N2O4/c1-3-32-25(30)26(2,31)24-27-16-17-28(24)19-23-14-12-22(13-15-23)11-10-21-8-6-20(7-9-21)5-4-18-29/h6-9,12-17,29,31H,3-5,18-19H2,1-2H3. The Morgan fingerprint density at radius 2 is 1.66 bits per heavy atom. The Hall–Kier alpha value is -3.40. The molecule has 166 valence electrons. The fraction of sp³-hybridized carbons (Fsp3) is 0.308. The first kappa shape index (κ1) is 23.3. The van der Waals surface area contributed by atoms with Crippen molar-refractivity contribution in [3.8, 4) is 11.8 Å². The average Bonchev–Trinajstić information content (AvgIpc) is 3.27. The van der Waals surface area contributed by atoms with E-state index in [4.69, 9.17) is 9.84 Å². The smallest absolute Gasteiger partial charge is 0.345 e. The normalized spacial score (nSPS) is 12.5. The summed E-state index contributed by atoms with van der Waals surface area (Å²) in [6.07, 6.45) is 4.90. The van der Waals surface area contributed by atoms with Gasteiger partial charge < -0.3 is 19.5 Å². The molecule has 6 heteroatoms. The van der Waals surface area contributed by atoms with E-state index in [0.717, 1.165) is 29.5 Å². The zero-order valence-corrected chi connectivity index (χ0v) is 18.4. The zero-order chi connectivity index (χ0) is 23.0. The molecule has 6 nitrogen and oxygen atoms in total. The third-order valence-corrected chi connectivity index (χ3v) is 5.06. The van der Waals surface area contributed by atoms with Crippen LogP contribution in [0.4, 0.5) is 0 Å². The van der Waals surface area contributed by atoms with Gasteiger partial charge in [0.15, 0.2) is 5.82 Å². The first-order chi connectivity index (χ1) is 15.4. The van der Waals surface area contributed by atoms with Gasteiger partial charge >= 0.3 is 5.97 Å². The molecule has 1 unspecified atom stereocenters. The van der Waals surface area contributed by atoms with Crippen molar-refractivity contribution in [2.75, 3.05) is 13.2 Å². The molecule has 32 heavy (non-hydrogen) atoms. The highest BCUT2D eigenvalue weighted by molar-refractivity contribution is 5.79. The monoisotopic (exact) mass is 432 g/mol. The molecule has 0 aliphatic rings. The third kappa shape index (κ3) is 5.85. The minimum atomic E-state index is -1.82. The summed E-state index contributed by atoms with van der Waals surface area (Å²) in [6.45, 7) is 3.92. The Kier molecular flexibility index (Phi) is 7.82. The van der Waals surface area contributed by atoms with Crippen molar-refractivity contribution in [3.05, 3.63) is 89.0 Å². The maximum absolute atomic E-state index is 12.1. The van der Waals surface area contributed by atoms with E-state index < -0.39 is 11.6 Å². The second-order valence-electron chi connectivity index (χ2n) is 7.64. The van der Waals surface area contributed by atoms with E-state index in [0.29, 0.717) is 6.54 Å². The number of ether oxygens (including phenoxy) is 1. The topological polar surface area (TPSA) is 84.6 Å². The number of aryl methyl sites for hydroxylation is 1. The zero-order valence-electron chi connectivity index (χ0n) is 18.4. The molecule has 1 atom stereocenters. The van der Waals surface area contributed by atoms with Crippen molar-refractivity contribution < 1.29 is 19.7 Å². The van der Waals surface area contributed by atoms with Gasteiger partial charge in [-0.25, -0.2) is 9.78 Å². The molecule has 0 saturated carbocycles. The lowest BCUT2D eigenvalue weighted by molar-refractivity contribution is -0.165. The number of nitrogens with zero attached hydrogens (tertiary/aromatic N) is 2. The summed E-state index contributed by atoms with van der Waals surface area (Å²) in [6, 6.07) is 15.9. The molecule has 0 amide bonds. The first-order valence-corrected chi connectivity index (χ1v) is 10.7. The number of aliphatic hydroxyl groups is 2. The van der Waals surface area contributed by atoms with E-state index in [1.165, 1.54) is 12.5 Å². The molecule has 0 bridgehead atoms. The van der Waals surface area contributed by atoms with E-state index in [9.17, 15) is 9.90 Å². The Balaban J connectivity index is 1.67. The molecule has 0 spiro atoms. The Morgan fingerprint density at radius 1 is 1.06 bits per heavy atom. The summed E-state index contributed by atoms with van der Waals surface area (Å²) in [5.74, 6) is 5.84. The molecular weight excluding hydrogens is 404 g/mol. The lowest BCUT2D eigenvalue weighted by atomic mass is 10.1. The molecule has 1 aromatic heterocycles. The minimum absolute atomic E-state index is 0.187. The van der Waals surface area contributed by atoms with Crippen molar-refractivity contribution in [2.24, 2.45) is 0 Å². The first-order valence-electron chi connectivity index (χ1n) is 10.7. The number of benzene rings is 2. The summed E-state index contributed by atoms with van der Waals surface area (Å²) >= 11 is 0. The highest BCUT2D eigenvalue weighted by Crippen LogP contribution is 2.22. The van der Waals surface area contributed by atoms with Crippen LogP contribution in [0.3, 0.4) is 0 Å². The van der Waals surface area contributed by atoms with Crippen molar-refractivity contribution in [3.63, 3.8) is 0 Å². The fourth-order valence-electron chi connectivity index (χ4n) is 3.30. The van der Waals surface area contributed by atoms with E-state index in [-0.39, 0.29) is 19.0 Å². The third-order valence-electron chi connectivity index (χ3n) is 5.06. The molecule has 3 rings (SSSR count). The van der Waals surface area contributed by atoms with Crippen molar-refractivity contribution in [1.82, 2.24) is 9.55 Å². The van der Waals surface area contributed by atoms with E-state index >= 15 is 0 Å². The van der Waals surface area contributed by atoms with Gasteiger partial charge in [-0.3, -0.25) is 0 Å². The summed E-state index contributed by atoms with van der Waals surface area (Å²) in [5.41, 5.74) is 2.18. The predicted molar refractivity (Wildman–Crippen MR) is 122 cm³/mol. The van der Waals surface area contributed by atoms with E-state index in [1.54, 1.807) is 23.9 Å². The van der Waals surface area contributed by atoms with Crippen molar-refractivity contribution >= 4 is 5.97 Å².